The quantitative estimate of drug-likeness (QED) is 0.631. The second kappa shape index (κ2) is 8.90. The van der Waals surface area contributed by atoms with Crippen LogP contribution in [0.2, 0.25) is 0 Å². The minimum atomic E-state index is -0.282. The van der Waals surface area contributed by atoms with E-state index >= 15 is 0 Å². The van der Waals surface area contributed by atoms with Crippen LogP contribution in [0.3, 0.4) is 0 Å². The summed E-state index contributed by atoms with van der Waals surface area (Å²) in [6.45, 7) is 1.84. The number of hydrogen-bond donors (Lipinski definition) is 1. The average Bonchev–Trinajstić information content (AvgIpc) is 3.52. The molecule has 2 aliphatic rings. The van der Waals surface area contributed by atoms with Gasteiger partial charge in [-0.2, -0.15) is 0 Å². The van der Waals surface area contributed by atoms with Crippen LogP contribution in [0, 0.1) is 0 Å². The molecule has 1 aliphatic carbocycles. The monoisotopic (exact) mass is 438 g/mol. The molecule has 2 fully saturated rings. The Labute approximate surface area is 186 Å². The van der Waals surface area contributed by atoms with Gasteiger partial charge in [0, 0.05) is 17.0 Å². The van der Waals surface area contributed by atoms with E-state index < -0.39 is 0 Å². The minimum absolute atomic E-state index is 0.125. The van der Waals surface area contributed by atoms with E-state index in [-0.39, 0.29) is 11.6 Å². The number of benzene rings is 1. The van der Waals surface area contributed by atoms with Crippen molar-refractivity contribution in [3.8, 4) is 11.5 Å². The molecule has 3 heterocycles. The first kappa shape index (κ1) is 20.9. The molecule has 0 spiro atoms. The van der Waals surface area contributed by atoms with E-state index in [0.717, 1.165) is 50.0 Å². The van der Waals surface area contributed by atoms with Crippen molar-refractivity contribution >= 4 is 10.9 Å². The zero-order valence-corrected chi connectivity index (χ0v) is 18.7. The molecule has 2 aromatic heterocycles. The average molecular weight is 439 g/mol. The number of H-pyrrole nitrogens is 1. The molecule has 9 nitrogen and oxygen atoms in total. The van der Waals surface area contributed by atoms with Crippen molar-refractivity contribution in [2.24, 2.45) is 0 Å². The van der Waals surface area contributed by atoms with Gasteiger partial charge in [-0.25, -0.2) is 4.68 Å². The molecule has 1 unspecified atom stereocenters. The predicted octanol–water partition coefficient (Wildman–Crippen LogP) is 3.22. The third-order valence-electron chi connectivity index (χ3n) is 6.86. The van der Waals surface area contributed by atoms with E-state index in [9.17, 15) is 4.79 Å². The molecule has 1 aromatic carbocycles. The molecule has 170 valence electrons. The van der Waals surface area contributed by atoms with Crippen molar-refractivity contribution in [1.82, 2.24) is 30.1 Å². The lowest BCUT2D eigenvalue weighted by molar-refractivity contribution is 0.243. The highest BCUT2D eigenvalue weighted by Crippen LogP contribution is 2.36. The van der Waals surface area contributed by atoms with Crippen molar-refractivity contribution in [3.63, 3.8) is 0 Å². The predicted molar refractivity (Wildman–Crippen MR) is 120 cm³/mol. The summed E-state index contributed by atoms with van der Waals surface area (Å²) in [4.78, 5) is 18.7. The fraction of sp³-hybridized carbons (Fsp3) is 0.565. The second-order valence-corrected chi connectivity index (χ2v) is 8.77. The molecule has 0 bridgehead atoms. The molecule has 1 saturated carbocycles. The van der Waals surface area contributed by atoms with Crippen LogP contribution < -0.4 is 15.0 Å². The van der Waals surface area contributed by atoms with Crippen molar-refractivity contribution in [2.75, 3.05) is 27.3 Å². The van der Waals surface area contributed by atoms with Crippen LogP contribution in [0.5, 0.6) is 11.5 Å². The summed E-state index contributed by atoms with van der Waals surface area (Å²) in [6.07, 6.45) is 8.02. The Hall–Kier alpha value is -2.94. The number of nitrogens with one attached hydrogen (secondary N) is 1. The van der Waals surface area contributed by atoms with Crippen LogP contribution in [0.25, 0.3) is 10.9 Å². The van der Waals surface area contributed by atoms with E-state index in [0.29, 0.717) is 28.6 Å². The summed E-state index contributed by atoms with van der Waals surface area (Å²) < 4.78 is 12.9. The number of ether oxygens (including phenoxy) is 2. The first-order valence-electron chi connectivity index (χ1n) is 11.5. The summed E-state index contributed by atoms with van der Waals surface area (Å²) in [5, 5.41) is 13.8. The van der Waals surface area contributed by atoms with Gasteiger partial charge in [0.25, 0.3) is 5.56 Å². The fourth-order valence-electron chi connectivity index (χ4n) is 5.22. The SMILES string of the molecule is COc1cc2cc(C(c3nnnn3C3CCCCC3)N3CCCC3)c(=O)[nH]c2cc1OC. The Morgan fingerprint density at radius 3 is 2.44 bits per heavy atom. The maximum absolute atomic E-state index is 13.3. The lowest BCUT2D eigenvalue weighted by Gasteiger charge is -2.29. The highest BCUT2D eigenvalue weighted by molar-refractivity contribution is 5.83. The number of hydrogen-bond acceptors (Lipinski definition) is 7. The van der Waals surface area contributed by atoms with Gasteiger partial charge >= 0.3 is 0 Å². The highest BCUT2D eigenvalue weighted by atomic mass is 16.5. The van der Waals surface area contributed by atoms with Crippen LogP contribution in [-0.2, 0) is 0 Å². The van der Waals surface area contributed by atoms with Gasteiger partial charge in [0.1, 0.15) is 6.04 Å². The van der Waals surface area contributed by atoms with Gasteiger partial charge < -0.3 is 14.5 Å². The summed E-state index contributed by atoms with van der Waals surface area (Å²) >= 11 is 0. The third-order valence-corrected chi connectivity index (χ3v) is 6.86. The molecule has 32 heavy (non-hydrogen) atoms. The molecule has 5 rings (SSSR count). The van der Waals surface area contributed by atoms with Crippen LogP contribution in [0.1, 0.15) is 68.4 Å². The normalized spacial score (nSPS) is 18.8. The number of tetrazole rings is 1. The third kappa shape index (κ3) is 3.74. The number of aromatic amines is 1. The zero-order chi connectivity index (χ0) is 22.1. The van der Waals surface area contributed by atoms with Gasteiger partial charge in [-0.3, -0.25) is 9.69 Å². The Bertz CT molecular complexity index is 1140. The van der Waals surface area contributed by atoms with E-state index in [2.05, 4.69) is 25.4 Å². The smallest absolute Gasteiger partial charge is 0.253 e. The standard InChI is InChI=1S/C23H30N6O3/c1-31-19-13-15-12-17(23(30)24-18(15)14-20(19)32-2)21(28-10-6-7-11-28)22-25-26-27-29(22)16-8-4-3-5-9-16/h12-14,16,21H,3-11H2,1-2H3,(H,24,30). The van der Waals surface area contributed by atoms with Crippen molar-refractivity contribution in [2.45, 2.75) is 57.0 Å². The highest BCUT2D eigenvalue weighted by Gasteiger charge is 2.34. The molecule has 3 aromatic rings. The van der Waals surface area contributed by atoms with Gasteiger partial charge in [-0.1, -0.05) is 19.3 Å². The molecule has 1 saturated heterocycles. The zero-order valence-electron chi connectivity index (χ0n) is 18.7. The molecule has 0 radical (unpaired) electrons. The number of pyridine rings is 1. The molecular weight excluding hydrogens is 408 g/mol. The van der Waals surface area contributed by atoms with Crippen LogP contribution >= 0.6 is 0 Å². The number of fused-ring (bicyclic) bond motifs is 1. The van der Waals surface area contributed by atoms with Crippen LogP contribution in [0.4, 0.5) is 0 Å². The maximum atomic E-state index is 13.3. The summed E-state index contributed by atoms with van der Waals surface area (Å²) in [7, 11) is 3.20. The molecule has 0 amide bonds. The second-order valence-electron chi connectivity index (χ2n) is 8.77. The summed E-state index contributed by atoms with van der Waals surface area (Å²) in [5.74, 6) is 1.98. The Balaban J connectivity index is 1.64. The van der Waals surface area contributed by atoms with Gasteiger partial charge in [0.15, 0.2) is 17.3 Å². The van der Waals surface area contributed by atoms with E-state index in [1.807, 2.05) is 16.8 Å². The summed E-state index contributed by atoms with van der Waals surface area (Å²) in [6, 6.07) is 5.67. The van der Waals surface area contributed by atoms with Gasteiger partial charge in [-0.15, -0.1) is 5.10 Å². The first-order chi connectivity index (χ1) is 15.7. The Morgan fingerprint density at radius 2 is 1.72 bits per heavy atom. The number of rotatable bonds is 6. The Kier molecular flexibility index (Phi) is 5.82. The fourth-order valence-corrected chi connectivity index (χ4v) is 5.22. The maximum Gasteiger partial charge on any atom is 0.253 e. The molecule has 1 aliphatic heterocycles. The van der Waals surface area contributed by atoms with Crippen molar-refractivity contribution in [3.05, 3.63) is 39.9 Å². The molecule has 1 atom stereocenters. The molecular formula is C23H30N6O3. The largest absolute Gasteiger partial charge is 0.493 e. The summed E-state index contributed by atoms with van der Waals surface area (Å²) in [5.41, 5.74) is 1.25. The van der Waals surface area contributed by atoms with Crippen LogP contribution in [-0.4, -0.2) is 57.4 Å². The van der Waals surface area contributed by atoms with Gasteiger partial charge in [0.05, 0.1) is 25.8 Å². The minimum Gasteiger partial charge on any atom is -0.493 e. The molecule has 9 heteroatoms. The lowest BCUT2D eigenvalue weighted by atomic mass is 9.95. The number of nitrogens with zero attached hydrogens (tertiary/aromatic N) is 5. The Morgan fingerprint density at radius 1 is 1.00 bits per heavy atom. The van der Waals surface area contributed by atoms with E-state index in [4.69, 9.17) is 9.47 Å². The van der Waals surface area contributed by atoms with Crippen molar-refractivity contribution in [1.29, 1.82) is 0 Å². The number of likely N-dealkylation sites (tertiary alicyclic amines) is 1. The van der Waals surface area contributed by atoms with Gasteiger partial charge in [-0.05, 0) is 61.3 Å². The number of aromatic nitrogens is 5. The molecule has 1 N–H and O–H groups in total. The van der Waals surface area contributed by atoms with Crippen LogP contribution in [0.15, 0.2) is 23.0 Å². The van der Waals surface area contributed by atoms with Gasteiger partial charge in [0.2, 0.25) is 0 Å². The topological polar surface area (TPSA) is 98.2 Å². The first-order valence-corrected chi connectivity index (χ1v) is 11.5. The number of methoxy groups -OCH3 is 2. The van der Waals surface area contributed by atoms with Crippen molar-refractivity contribution < 1.29 is 9.47 Å². The lowest BCUT2D eigenvalue weighted by Crippen LogP contribution is -2.34. The van der Waals surface area contributed by atoms with E-state index in [1.54, 1.807) is 20.3 Å². The van der Waals surface area contributed by atoms with E-state index in [1.165, 1.54) is 19.3 Å².